The Kier molecular flexibility index (Phi) is 6.53. The highest BCUT2D eigenvalue weighted by molar-refractivity contribution is 9.10. The van der Waals surface area contributed by atoms with E-state index >= 15 is 0 Å². The molecule has 0 spiro atoms. The molecule has 27 heavy (non-hydrogen) atoms. The zero-order valence-electron chi connectivity index (χ0n) is 14.1. The van der Waals surface area contributed by atoms with Gasteiger partial charge >= 0.3 is 0 Å². The fraction of sp³-hybridized carbons (Fsp3) is 0.0952. The van der Waals surface area contributed by atoms with Crippen molar-refractivity contribution in [3.8, 4) is 0 Å². The molecule has 0 aliphatic heterocycles. The fourth-order valence-electron chi connectivity index (χ4n) is 2.67. The van der Waals surface area contributed by atoms with E-state index in [1.807, 2.05) is 18.2 Å². The Balaban J connectivity index is 1.88. The fourth-order valence-corrected chi connectivity index (χ4v) is 3.24. The first-order valence-electron chi connectivity index (χ1n) is 8.18. The smallest absolute Gasteiger partial charge is 0.165 e. The molecule has 0 bridgehead atoms. The van der Waals surface area contributed by atoms with Crippen LogP contribution in [-0.2, 0) is 0 Å². The molecule has 1 N–H and O–H groups in total. The molecule has 0 aliphatic carbocycles. The number of rotatable bonds is 6. The van der Waals surface area contributed by atoms with Crippen LogP contribution in [0.3, 0.4) is 0 Å². The van der Waals surface area contributed by atoms with Crippen molar-refractivity contribution in [2.75, 3.05) is 5.32 Å². The van der Waals surface area contributed by atoms with Gasteiger partial charge in [-0.05, 0) is 54.1 Å². The summed E-state index contributed by atoms with van der Waals surface area (Å²) in [5.41, 5.74) is 2.14. The van der Waals surface area contributed by atoms with Crippen LogP contribution in [0.1, 0.15) is 28.4 Å². The normalized spacial score (nSPS) is 11.9. The maximum Gasteiger partial charge on any atom is 0.165 e. The second-order valence-electron chi connectivity index (χ2n) is 6.01. The van der Waals surface area contributed by atoms with Gasteiger partial charge in [-0.25, -0.2) is 4.39 Å². The summed E-state index contributed by atoms with van der Waals surface area (Å²) < 4.78 is 14.1. The number of hydrogen-bond acceptors (Lipinski definition) is 2. The first-order chi connectivity index (χ1) is 12.9. The van der Waals surface area contributed by atoms with Crippen LogP contribution in [0.2, 0.25) is 10.0 Å². The Morgan fingerprint density at radius 3 is 2.26 bits per heavy atom. The highest BCUT2D eigenvalue weighted by Crippen LogP contribution is 2.30. The van der Waals surface area contributed by atoms with Crippen LogP contribution in [-0.4, -0.2) is 5.78 Å². The maximum atomic E-state index is 13.2. The van der Waals surface area contributed by atoms with Crippen LogP contribution in [0.25, 0.3) is 0 Å². The molecule has 0 saturated heterocycles. The van der Waals surface area contributed by atoms with Crippen LogP contribution >= 0.6 is 39.1 Å². The summed E-state index contributed by atoms with van der Waals surface area (Å²) in [4.78, 5) is 12.8. The van der Waals surface area contributed by atoms with Gasteiger partial charge in [0.1, 0.15) is 5.82 Å². The SMILES string of the molecule is O=C(CC(Nc1ccc(F)cc1)c1ccc(Cl)c(Cl)c1)c1ccc(Br)cc1. The van der Waals surface area contributed by atoms with Crippen LogP contribution < -0.4 is 5.32 Å². The predicted molar refractivity (Wildman–Crippen MR) is 112 cm³/mol. The van der Waals surface area contributed by atoms with Crippen molar-refractivity contribution < 1.29 is 9.18 Å². The van der Waals surface area contributed by atoms with E-state index in [0.717, 1.165) is 10.0 Å². The third kappa shape index (κ3) is 5.32. The van der Waals surface area contributed by atoms with Crippen LogP contribution in [0.15, 0.2) is 71.2 Å². The summed E-state index contributed by atoms with van der Waals surface area (Å²) in [5.74, 6) is -0.342. The molecular formula is C21H15BrCl2FNO. The lowest BCUT2D eigenvalue weighted by Gasteiger charge is -2.20. The number of benzene rings is 3. The van der Waals surface area contributed by atoms with Gasteiger partial charge in [0.2, 0.25) is 0 Å². The van der Waals surface area contributed by atoms with Crippen LogP contribution in [0.4, 0.5) is 10.1 Å². The van der Waals surface area contributed by atoms with Crippen molar-refractivity contribution in [2.45, 2.75) is 12.5 Å². The molecule has 0 saturated carbocycles. The second kappa shape index (κ2) is 8.87. The maximum absolute atomic E-state index is 13.2. The first-order valence-corrected chi connectivity index (χ1v) is 9.73. The zero-order valence-corrected chi connectivity index (χ0v) is 17.2. The molecule has 2 nitrogen and oxygen atoms in total. The molecule has 1 unspecified atom stereocenters. The molecule has 3 aromatic rings. The summed E-state index contributed by atoms with van der Waals surface area (Å²) in [7, 11) is 0. The predicted octanol–water partition coefficient (Wildman–Crippen LogP) is 7.32. The van der Waals surface area contributed by atoms with E-state index in [-0.39, 0.29) is 24.1 Å². The lowest BCUT2D eigenvalue weighted by atomic mass is 9.97. The Bertz CT molecular complexity index is 945. The summed E-state index contributed by atoms with van der Waals surface area (Å²) >= 11 is 15.5. The summed E-state index contributed by atoms with van der Waals surface area (Å²) in [6, 6.07) is 18.1. The van der Waals surface area contributed by atoms with Gasteiger partial charge in [-0.3, -0.25) is 4.79 Å². The van der Waals surface area contributed by atoms with Gasteiger partial charge in [-0.2, -0.15) is 0 Å². The van der Waals surface area contributed by atoms with Crippen molar-refractivity contribution in [3.63, 3.8) is 0 Å². The molecule has 3 rings (SSSR count). The van der Waals surface area contributed by atoms with E-state index in [0.29, 0.717) is 21.3 Å². The van der Waals surface area contributed by atoms with E-state index in [9.17, 15) is 9.18 Å². The van der Waals surface area contributed by atoms with E-state index in [1.54, 1.807) is 36.4 Å². The van der Waals surface area contributed by atoms with Crippen molar-refractivity contribution in [1.29, 1.82) is 0 Å². The molecule has 3 aromatic carbocycles. The number of halogens is 4. The van der Waals surface area contributed by atoms with Gasteiger partial charge in [-0.1, -0.05) is 57.3 Å². The average Bonchev–Trinajstić information content (AvgIpc) is 2.65. The number of ketones is 1. The minimum absolute atomic E-state index is 0.0202. The third-order valence-corrected chi connectivity index (χ3v) is 5.35. The minimum Gasteiger partial charge on any atom is -0.378 e. The molecule has 138 valence electrons. The highest BCUT2D eigenvalue weighted by atomic mass is 79.9. The zero-order chi connectivity index (χ0) is 19.4. The van der Waals surface area contributed by atoms with Crippen LogP contribution in [0, 0.1) is 5.82 Å². The van der Waals surface area contributed by atoms with Crippen LogP contribution in [0.5, 0.6) is 0 Å². The molecule has 1 atom stereocenters. The Labute approximate surface area is 175 Å². The van der Waals surface area contributed by atoms with Gasteiger partial charge < -0.3 is 5.32 Å². The van der Waals surface area contributed by atoms with E-state index in [4.69, 9.17) is 23.2 Å². The number of nitrogens with one attached hydrogen (secondary N) is 1. The monoisotopic (exact) mass is 465 g/mol. The molecule has 0 amide bonds. The molecular weight excluding hydrogens is 452 g/mol. The number of hydrogen-bond donors (Lipinski definition) is 1. The summed E-state index contributed by atoms with van der Waals surface area (Å²) in [6.45, 7) is 0. The summed E-state index contributed by atoms with van der Waals surface area (Å²) in [5, 5.41) is 4.14. The standard InChI is InChI=1S/C21H15BrCl2FNO/c22-15-4-1-13(2-5-15)21(27)12-20(14-3-10-18(23)19(24)11-14)26-17-8-6-16(25)7-9-17/h1-11,20,26H,12H2. The van der Waals surface area contributed by atoms with Gasteiger partial charge in [0, 0.05) is 22.1 Å². The van der Waals surface area contributed by atoms with Crippen molar-refractivity contribution in [1.82, 2.24) is 0 Å². The third-order valence-electron chi connectivity index (χ3n) is 4.09. The molecule has 0 aromatic heterocycles. The molecule has 0 heterocycles. The largest absolute Gasteiger partial charge is 0.378 e. The van der Waals surface area contributed by atoms with Gasteiger partial charge in [0.05, 0.1) is 16.1 Å². The van der Waals surface area contributed by atoms with E-state index < -0.39 is 0 Å². The number of anilines is 1. The van der Waals surface area contributed by atoms with Gasteiger partial charge in [0.15, 0.2) is 5.78 Å². The molecule has 0 aliphatic rings. The molecule has 6 heteroatoms. The highest BCUT2D eigenvalue weighted by Gasteiger charge is 2.18. The topological polar surface area (TPSA) is 29.1 Å². The second-order valence-corrected chi connectivity index (χ2v) is 7.74. The van der Waals surface area contributed by atoms with Crippen molar-refractivity contribution >= 4 is 50.6 Å². The Morgan fingerprint density at radius 1 is 0.963 bits per heavy atom. The van der Waals surface area contributed by atoms with Gasteiger partial charge in [-0.15, -0.1) is 0 Å². The number of carbonyl (C=O) groups is 1. The number of carbonyl (C=O) groups excluding carboxylic acids is 1. The quantitative estimate of drug-likeness (QED) is 0.385. The molecule has 0 fully saturated rings. The number of Topliss-reactive ketones (excluding diaryl/α,β-unsaturated/α-hetero) is 1. The average molecular weight is 467 g/mol. The van der Waals surface area contributed by atoms with Crippen molar-refractivity contribution in [3.05, 3.63) is 98.2 Å². The van der Waals surface area contributed by atoms with E-state index in [1.165, 1.54) is 12.1 Å². The van der Waals surface area contributed by atoms with Crippen molar-refractivity contribution in [2.24, 2.45) is 0 Å². The summed E-state index contributed by atoms with van der Waals surface area (Å²) in [6.07, 6.45) is 0.205. The Morgan fingerprint density at radius 2 is 1.63 bits per heavy atom. The Hall–Kier alpha value is -1.88. The van der Waals surface area contributed by atoms with E-state index in [2.05, 4.69) is 21.2 Å². The lowest BCUT2D eigenvalue weighted by Crippen LogP contribution is -2.16. The van der Waals surface area contributed by atoms with Gasteiger partial charge in [0.25, 0.3) is 0 Å². The molecule has 0 radical (unpaired) electrons. The lowest BCUT2D eigenvalue weighted by molar-refractivity contribution is 0.0976. The minimum atomic E-state index is -0.346. The first kappa shape index (κ1) is 19.9.